The number of likely N-dealkylation sites (tertiary alicyclic amines) is 1. The van der Waals surface area contributed by atoms with Crippen LogP contribution in [-0.4, -0.2) is 41.2 Å². The second-order valence-electron chi connectivity index (χ2n) is 7.48. The number of ether oxygens (including phenoxy) is 1. The van der Waals surface area contributed by atoms with Crippen LogP contribution in [0.5, 0.6) is 5.75 Å². The Kier molecular flexibility index (Phi) is 5.89. The van der Waals surface area contributed by atoms with Crippen molar-refractivity contribution in [3.8, 4) is 17.0 Å². The predicted octanol–water partition coefficient (Wildman–Crippen LogP) is 4.63. The lowest BCUT2D eigenvalue weighted by molar-refractivity contribution is 0.0793. The molecule has 4 rings (SSSR count). The van der Waals surface area contributed by atoms with Crippen LogP contribution in [0.3, 0.4) is 0 Å². The molecule has 0 radical (unpaired) electrons. The maximum Gasteiger partial charge on any atom is 0.253 e. The number of methoxy groups -OCH3 is 1. The third kappa shape index (κ3) is 4.10. The normalized spacial score (nSPS) is 14.0. The van der Waals surface area contributed by atoms with Crippen LogP contribution in [0.2, 0.25) is 0 Å². The molecule has 2 heterocycles. The van der Waals surface area contributed by atoms with E-state index in [2.05, 4.69) is 16.8 Å². The minimum Gasteiger partial charge on any atom is -0.496 e. The lowest BCUT2D eigenvalue weighted by atomic mass is 9.98. The fourth-order valence-corrected chi connectivity index (χ4v) is 3.92. The molecule has 1 aliphatic rings. The Hall–Kier alpha value is -3.80. The van der Waals surface area contributed by atoms with Gasteiger partial charge in [-0.2, -0.15) is 5.10 Å². The summed E-state index contributed by atoms with van der Waals surface area (Å²) < 4.78 is 5.50. The summed E-state index contributed by atoms with van der Waals surface area (Å²) in [7, 11) is 1.63. The first-order valence-corrected chi connectivity index (χ1v) is 10.3. The molecule has 1 aliphatic heterocycles. The highest BCUT2D eigenvalue weighted by Gasteiger charge is 2.20. The van der Waals surface area contributed by atoms with Crippen molar-refractivity contribution in [1.82, 2.24) is 15.1 Å². The van der Waals surface area contributed by atoms with Gasteiger partial charge >= 0.3 is 0 Å². The number of nitrogens with one attached hydrogen (secondary N) is 1. The van der Waals surface area contributed by atoms with E-state index in [0.29, 0.717) is 11.4 Å². The van der Waals surface area contributed by atoms with Crippen LogP contribution in [-0.2, 0) is 0 Å². The number of nitrogens with zero attached hydrogens (tertiary/aromatic N) is 2. The number of rotatable bonds is 6. The molecule has 0 unspecified atom stereocenters. The number of hydrogen-bond acceptors (Lipinski definition) is 4. The molecule has 1 saturated heterocycles. The Morgan fingerprint density at radius 2 is 1.90 bits per heavy atom. The largest absolute Gasteiger partial charge is 0.496 e. The zero-order valence-electron chi connectivity index (χ0n) is 17.6. The van der Waals surface area contributed by atoms with Gasteiger partial charge in [0.05, 0.1) is 12.8 Å². The summed E-state index contributed by atoms with van der Waals surface area (Å²) in [6.07, 6.45) is 5.83. The third-order valence-corrected chi connectivity index (χ3v) is 5.57. The summed E-state index contributed by atoms with van der Waals surface area (Å²) in [6.45, 7) is 5.62. The Balaban J connectivity index is 1.74. The average molecular weight is 415 g/mol. The molecular weight excluding hydrogens is 388 g/mol. The van der Waals surface area contributed by atoms with Crippen molar-refractivity contribution in [1.29, 1.82) is 0 Å². The number of benzene rings is 2. The molecule has 158 valence electrons. The van der Waals surface area contributed by atoms with Gasteiger partial charge in [0.2, 0.25) is 0 Å². The van der Waals surface area contributed by atoms with Gasteiger partial charge in [0.1, 0.15) is 5.75 Å². The molecule has 0 atom stereocenters. The van der Waals surface area contributed by atoms with Crippen molar-refractivity contribution < 1.29 is 9.53 Å². The number of hydrogen-bond donors (Lipinski definition) is 2. The van der Waals surface area contributed by atoms with Crippen LogP contribution >= 0.6 is 0 Å². The molecule has 0 spiro atoms. The summed E-state index contributed by atoms with van der Waals surface area (Å²) >= 11 is 0. The first-order valence-electron chi connectivity index (χ1n) is 10.3. The number of carbonyl (C=O) groups excluding carboxylic acids is 1. The minimum absolute atomic E-state index is 0.0697. The lowest BCUT2D eigenvalue weighted by Crippen LogP contribution is -2.27. The van der Waals surface area contributed by atoms with E-state index in [0.717, 1.165) is 59.6 Å². The standard InChI is InChI=1S/C25H26N4O2/c1-3-17(18-9-8-10-19(15-18)25(30)29-13-6-7-14-29)16-21-23(27-28-24(21)26)20-11-4-5-12-22(20)31-2/h3-5,8-12,15-16H,1,6-7,13-14H2,2H3,(H3,26,27,28)/b17-16+. The van der Waals surface area contributed by atoms with E-state index in [9.17, 15) is 4.79 Å². The number of anilines is 1. The highest BCUT2D eigenvalue weighted by Crippen LogP contribution is 2.35. The monoisotopic (exact) mass is 414 g/mol. The van der Waals surface area contributed by atoms with Gasteiger partial charge in [0, 0.05) is 29.8 Å². The third-order valence-electron chi connectivity index (χ3n) is 5.57. The summed E-state index contributed by atoms with van der Waals surface area (Å²) in [5.74, 6) is 1.17. The number of nitrogen functional groups attached to an aromatic ring is 1. The van der Waals surface area contributed by atoms with E-state index < -0.39 is 0 Å². The smallest absolute Gasteiger partial charge is 0.253 e. The number of nitrogens with two attached hydrogens (primary N) is 1. The van der Waals surface area contributed by atoms with E-state index in [1.54, 1.807) is 13.2 Å². The molecule has 2 aromatic carbocycles. The Morgan fingerprint density at radius 3 is 2.65 bits per heavy atom. The molecular formula is C25H26N4O2. The van der Waals surface area contributed by atoms with Gasteiger partial charge in [-0.1, -0.05) is 36.9 Å². The van der Waals surface area contributed by atoms with E-state index in [1.165, 1.54) is 0 Å². The van der Waals surface area contributed by atoms with Gasteiger partial charge in [-0.15, -0.1) is 0 Å². The van der Waals surface area contributed by atoms with Crippen LogP contribution < -0.4 is 10.5 Å². The number of aromatic nitrogens is 2. The summed E-state index contributed by atoms with van der Waals surface area (Å²) in [4.78, 5) is 14.7. The van der Waals surface area contributed by atoms with E-state index in [1.807, 2.05) is 59.5 Å². The Labute approximate surface area is 182 Å². The first kappa shape index (κ1) is 20.5. The van der Waals surface area contributed by atoms with Crippen molar-refractivity contribution in [2.45, 2.75) is 12.8 Å². The molecule has 0 aliphatic carbocycles. The fraction of sp³-hybridized carbons (Fsp3) is 0.200. The molecule has 1 aromatic heterocycles. The first-order chi connectivity index (χ1) is 15.1. The average Bonchev–Trinajstić information content (AvgIpc) is 3.47. The lowest BCUT2D eigenvalue weighted by Gasteiger charge is -2.16. The molecule has 6 heteroatoms. The topological polar surface area (TPSA) is 84.2 Å². The van der Waals surface area contributed by atoms with Gasteiger partial charge < -0.3 is 15.4 Å². The van der Waals surface area contributed by atoms with Gasteiger partial charge in [-0.05, 0) is 54.3 Å². The van der Waals surface area contributed by atoms with Crippen LogP contribution in [0.15, 0.2) is 61.2 Å². The number of aromatic amines is 1. The molecule has 3 N–H and O–H groups in total. The second-order valence-corrected chi connectivity index (χ2v) is 7.48. The highest BCUT2D eigenvalue weighted by atomic mass is 16.5. The zero-order chi connectivity index (χ0) is 21.8. The molecule has 1 amide bonds. The maximum atomic E-state index is 12.8. The van der Waals surface area contributed by atoms with Crippen molar-refractivity contribution in [2.24, 2.45) is 0 Å². The number of amides is 1. The zero-order valence-corrected chi connectivity index (χ0v) is 17.6. The van der Waals surface area contributed by atoms with Crippen molar-refractivity contribution in [3.63, 3.8) is 0 Å². The number of H-pyrrole nitrogens is 1. The fourth-order valence-electron chi connectivity index (χ4n) is 3.92. The Morgan fingerprint density at radius 1 is 1.16 bits per heavy atom. The SMILES string of the molecule is C=C/C(=C\c1c(N)n[nH]c1-c1ccccc1OC)c1cccc(C(=O)N2CCCC2)c1. The Bertz CT molecular complexity index is 1140. The predicted molar refractivity (Wildman–Crippen MR) is 125 cm³/mol. The number of carbonyl (C=O) groups is 1. The molecule has 0 saturated carbocycles. The van der Waals surface area contributed by atoms with Crippen LogP contribution in [0.4, 0.5) is 5.82 Å². The molecule has 1 fully saturated rings. The van der Waals surface area contributed by atoms with Crippen molar-refractivity contribution >= 4 is 23.4 Å². The van der Waals surface area contributed by atoms with Gasteiger partial charge in [0.15, 0.2) is 5.82 Å². The van der Waals surface area contributed by atoms with Crippen LogP contribution in [0.1, 0.15) is 34.3 Å². The van der Waals surface area contributed by atoms with Gasteiger partial charge in [-0.25, -0.2) is 0 Å². The van der Waals surface area contributed by atoms with E-state index >= 15 is 0 Å². The summed E-state index contributed by atoms with van der Waals surface area (Å²) in [5, 5.41) is 7.22. The van der Waals surface area contributed by atoms with Crippen molar-refractivity contribution in [3.05, 3.63) is 77.9 Å². The summed E-state index contributed by atoms with van der Waals surface area (Å²) in [5.41, 5.74) is 11.0. The van der Waals surface area contributed by atoms with Crippen LogP contribution in [0.25, 0.3) is 22.9 Å². The minimum atomic E-state index is 0.0697. The molecule has 31 heavy (non-hydrogen) atoms. The van der Waals surface area contributed by atoms with E-state index in [-0.39, 0.29) is 5.91 Å². The molecule has 6 nitrogen and oxygen atoms in total. The maximum absolute atomic E-state index is 12.8. The van der Waals surface area contributed by atoms with Crippen LogP contribution in [0, 0.1) is 0 Å². The van der Waals surface area contributed by atoms with Crippen molar-refractivity contribution in [2.75, 3.05) is 25.9 Å². The summed E-state index contributed by atoms with van der Waals surface area (Å²) in [6, 6.07) is 15.3. The highest BCUT2D eigenvalue weighted by molar-refractivity contribution is 5.98. The molecule has 3 aromatic rings. The quantitative estimate of drug-likeness (QED) is 0.576. The molecule has 0 bridgehead atoms. The number of para-hydroxylation sites is 1. The van der Waals surface area contributed by atoms with Gasteiger partial charge in [-0.3, -0.25) is 9.89 Å². The van der Waals surface area contributed by atoms with Gasteiger partial charge in [0.25, 0.3) is 5.91 Å². The van der Waals surface area contributed by atoms with E-state index in [4.69, 9.17) is 10.5 Å². The second kappa shape index (κ2) is 8.92. The number of allylic oxidation sites excluding steroid dienone is 2.